The lowest BCUT2D eigenvalue weighted by molar-refractivity contribution is -0.139. The molecule has 0 aromatic carbocycles. The van der Waals surface area contributed by atoms with Gasteiger partial charge in [-0.15, -0.1) is 0 Å². The van der Waals surface area contributed by atoms with Gasteiger partial charge < -0.3 is 15.0 Å². The molecule has 0 unspecified atom stereocenters. The Balaban J connectivity index is 1.97. The zero-order valence-electron chi connectivity index (χ0n) is 10.9. The lowest BCUT2D eigenvalue weighted by Crippen LogP contribution is -2.50. The predicted molar refractivity (Wildman–Crippen MR) is 66.8 cm³/mol. The third-order valence-corrected chi connectivity index (χ3v) is 4.10. The van der Waals surface area contributed by atoms with E-state index in [-0.39, 0.29) is 5.92 Å². The topological polar surface area (TPSA) is 41.6 Å². The highest BCUT2D eigenvalue weighted by Crippen LogP contribution is 2.25. The number of methoxy groups -OCH3 is 1. The van der Waals surface area contributed by atoms with E-state index in [1.54, 1.807) is 7.11 Å². The molecule has 0 spiro atoms. The number of hydrogen-bond acceptors (Lipinski definition) is 3. The Labute approximate surface area is 104 Å². The van der Waals surface area contributed by atoms with E-state index in [0.717, 1.165) is 38.8 Å². The van der Waals surface area contributed by atoms with Gasteiger partial charge in [0.05, 0.1) is 18.6 Å². The summed E-state index contributed by atoms with van der Waals surface area (Å²) in [6, 6.07) is 0.627. The SMILES string of the molecule is COC[C@@H]1CCCN1C(=O)[C@@H]1CCCN[C@H]1C. The number of hydrogen-bond donors (Lipinski definition) is 1. The number of amides is 1. The van der Waals surface area contributed by atoms with E-state index in [2.05, 4.69) is 17.1 Å². The van der Waals surface area contributed by atoms with Crippen molar-refractivity contribution in [1.29, 1.82) is 0 Å². The van der Waals surface area contributed by atoms with Crippen molar-refractivity contribution >= 4 is 5.91 Å². The molecule has 1 N–H and O–H groups in total. The standard InChI is InChI=1S/C13H24N2O2/c1-10-12(6-3-7-14-10)13(16)15-8-4-5-11(15)9-17-2/h10-12,14H,3-9H2,1-2H3/t10-,11-,12+/m0/s1. The molecule has 0 saturated carbocycles. The van der Waals surface area contributed by atoms with Crippen molar-refractivity contribution in [2.45, 2.75) is 44.7 Å². The van der Waals surface area contributed by atoms with Crippen molar-refractivity contribution in [3.63, 3.8) is 0 Å². The Morgan fingerprint density at radius 2 is 2.24 bits per heavy atom. The van der Waals surface area contributed by atoms with Gasteiger partial charge in [-0.1, -0.05) is 0 Å². The first kappa shape index (κ1) is 12.8. The van der Waals surface area contributed by atoms with Gasteiger partial charge in [0.1, 0.15) is 0 Å². The Morgan fingerprint density at radius 3 is 2.94 bits per heavy atom. The smallest absolute Gasteiger partial charge is 0.227 e. The van der Waals surface area contributed by atoms with E-state index in [0.29, 0.717) is 24.6 Å². The van der Waals surface area contributed by atoms with Crippen molar-refractivity contribution in [3.8, 4) is 0 Å². The van der Waals surface area contributed by atoms with Crippen LogP contribution in [0.3, 0.4) is 0 Å². The second kappa shape index (κ2) is 5.83. The molecular weight excluding hydrogens is 216 g/mol. The van der Waals surface area contributed by atoms with E-state index in [9.17, 15) is 4.79 Å². The van der Waals surface area contributed by atoms with Crippen LogP contribution in [0.5, 0.6) is 0 Å². The van der Waals surface area contributed by atoms with E-state index < -0.39 is 0 Å². The van der Waals surface area contributed by atoms with Crippen LogP contribution in [-0.2, 0) is 9.53 Å². The molecule has 4 heteroatoms. The second-order valence-corrected chi connectivity index (χ2v) is 5.27. The Kier molecular flexibility index (Phi) is 4.40. The fraction of sp³-hybridized carbons (Fsp3) is 0.923. The number of carbonyl (C=O) groups is 1. The zero-order chi connectivity index (χ0) is 12.3. The number of piperidine rings is 1. The number of ether oxygens (including phenoxy) is 1. The highest BCUT2D eigenvalue weighted by molar-refractivity contribution is 5.80. The molecule has 2 saturated heterocycles. The maximum atomic E-state index is 12.5. The quantitative estimate of drug-likeness (QED) is 0.800. The maximum Gasteiger partial charge on any atom is 0.227 e. The van der Waals surface area contributed by atoms with Crippen molar-refractivity contribution in [1.82, 2.24) is 10.2 Å². The van der Waals surface area contributed by atoms with Crippen LogP contribution in [0.1, 0.15) is 32.6 Å². The minimum absolute atomic E-state index is 0.168. The van der Waals surface area contributed by atoms with E-state index in [1.807, 2.05) is 0 Å². The fourth-order valence-corrected chi connectivity index (χ4v) is 3.09. The molecule has 2 aliphatic heterocycles. The highest BCUT2D eigenvalue weighted by Gasteiger charge is 2.36. The molecule has 4 nitrogen and oxygen atoms in total. The fourth-order valence-electron chi connectivity index (χ4n) is 3.09. The summed E-state index contributed by atoms with van der Waals surface area (Å²) in [5.74, 6) is 0.505. The van der Waals surface area contributed by atoms with Gasteiger partial charge in [0.15, 0.2) is 0 Å². The molecule has 2 rings (SSSR count). The zero-order valence-corrected chi connectivity index (χ0v) is 10.9. The highest BCUT2D eigenvalue weighted by atomic mass is 16.5. The van der Waals surface area contributed by atoms with Crippen LogP contribution in [-0.4, -0.2) is 49.7 Å². The van der Waals surface area contributed by atoms with Gasteiger partial charge in [-0.05, 0) is 39.2 Å². The number of nitrogens with zero attached hydrogens (tertiary/aromatic N) is 1. The summed E-state index contributed by atoms with van der Waals surface area (Å²) >= 11 is 0. The second-order valence-electron chi connectivity index (χ2n) is 5.27. The molecule has 0 bridgehead atoms. The van der Waals surface area contributed by atoms with Crippen LogP contribution in [0.2, 0.25) is 0 Å². The maximum absolute atomic E-state index is 12.5. The first-order chi connectivity index (χ1) is 8.24. The normalized spacial score (nSPS) is 34.0. The van der Waals surface area contributed by atoms with E-state index in [1.165, 1.54) is 0 Å². The summed E-state index contributed by atoms with van der Waals surface area (Å²) in [6.45, 7) is 4.77. The summed E-state index contributed by atoms with van der Waals surface area (Å²) < 4.78 is 5.21. The van der Waals surface area contributed by atoms with Gasteiger partial charge >= 0.3 is 0 Å². The number of likely N-dealkylation sites (tertiary alicyclic amines) is 1. The van der Waals surface area contributed by atoms with Crippen LogP contribution in [0.4, 0.5) is 0 Å². The molecule has 0 aliphatic carbocycles. The lowest BCUT2D eigenvalue weighted by atomic mass is 9.90. The summed E-state index contributed by atoms with van der Waals surface area (Å²) in [7, 11) is 1.71. The average Bonchev–Trinajstić information content (AvgIpc) is 2.78. The van der Waals surface area contributed by atoms with Gasteiger partial charge in [-0.3, -0.25) is 4.79 Å². The number of carbonyl (C=O) groups excluding carboxylic acids is 1. The third-order valence-electron chi connectivity index (χ3n) is 4.10. The number of nitrogens with one attached hydrogen (secondary N) is 1. The molecule has 2 heterocycles. The van der Waals surface area contributed by atoms with Gasteiger partial charge in [0, 0.05) is 19.7 Å². The first-order valence-electron chi connectivity index (χ1n) is 6.77. The summed E-state index contributed by atoms with van der Waals surface area (Å²) in [4.78, 5) is 14.6. The van der Waals surface area contributed by atoms with Crippen molar-refractivity contribution in [2.24, 2.45) is 5.92 Å². The predicted octanol–water partition coefficient (Wildman–Crippen LogP) is 1.01. The van der Waals surface area contributed by atoms with Gasteiger partial charge in [-0.25, -0.2) is 0 Å². The van der Waals surface area contributed by atoms with E-state index >= 15 is 0 Å². The van der Waals surface area contributed by atoms with Crippen LogP contribution in [0.25, 0.3) is 0 Å². The molecule has 17 heavy (non-hydrogen) atoms. The monoisotopic (exact) mass is 240 g/mol. The van der Waals surface area contributed by atoms with Crippen LogP contribution in [0, 0.1) is 5.92 Å². The largest absolute Gasteiger partial charge is 0.383 e. The Morgan fingerprint density at radius 1 is 1.41 bits per heavy atom. The Hall–Kier alpha value is -0.610. The first-order valence-corrected chi connectivity index (χ1v) is 6.77. The van der Waals surface area contributed by atoms with Crippen LogP contribution >= 0.6 is 0 Å². The Bertz CT molecular complexity index is 270. The molecule has 1 amide bonds. The minimum Gasteiger partial charge on any atom is -0.383 e. The summed E-state index contributed by atoms with van der Waals surface area (Å²) in [5.41, 5.74) is 0. The van der Waals surface area contributed by atoms with Gasteiger partial charge in [0.25, 0.3) is 0 Å². The molecule has 2 aliphatic rings. The molecule has 2 fully saturated rings. The molecule has 0 aromatic heterocycles. The third kappa shape index (κ3) is 2.80. The van der Waals surface area contributed by atoms with Gasteiger partial charge in [0.2, 0.25) is 5.91 Å². The van der Waals surface area contributed by atoms with Crippen molar-refractivity contribution in [3.05, 3.63) is 0 Å². The molecule has 3 atom stereocenters. The average molecular weight is 240 g/mol. The molecule has 0 aromatic rings. The number of rotatable bonds is 3. The molecule has 0 radical (unpaired) electrons. The summed E-state index contributed by atoms with van der Waals surface area (Å²) in [6.07, 6.45) is 4.36. The van der Waals surface area contributed by atoms with Gasteiger partial charge in [-0.2, -0.15) is 0 Å². The molecular formula is C13H24N2O2. The lowest BCUT2D eigenvalue weighted by Gasteiger charge is -2.34. The van der Waals surface area contributed by atoms with Crippen LogP contribution in [0.15, 0.2) is 0 Å². The van der Waals surface area contributed by atoms with Crippen molar-refractivity contribution < 1.29 is 9.53 Å². The minimum atomic E-state index is 0.168. The summed E-state index contributed by atoms with van der Waals surface area (Å²) in [5, 5.41) is 3.40. The van der Waals surface area contributed by atoms with Crippen LogP contribution < -0.4 is 5.32 Å². The molecule has 98 valence electrons. The van der Waals surface area contributed by atoms with Crippen molar-refractivity contribution in [2.75, 3.05) is 26.8 Å². The van der Waals surface area contributed by atoms with E-state index in [4.69, 9.17) is 4.74 Å².